The number of amides is 1. The highest BCUT2D eigenvalue weighted by atomic mass is 32.1. The Hall–Kier alpha value is -3.06. The van der Waals surface area contributed by atoms with Crippen LogP contribution in [0.2, 0.25) is 0 Å². The summed E-state index contributed by atoms with van der Waals surface area (Å²) >= 11 is 1.22. The number of ether oxygens (including phenoxy) is 1. The van der Waals surface area contributed by atoms with E-state index in [1.54, 1.807) is 31.2 Å². The number of aromatic nitrogens is 1. The number of aryl methyl sites for hydroxylation is 1. The minimum Gasteiger partial charge on any atom is -0.486 e. The molecule has 5 nitrogen and oxygen atoms in total. The molecule has 3 rings (SSSR count). The lowest BCUT2D eigenvalue weighted by Gasteiger charge is -2.08. The Morgan fingerprint density at radius 1 is 1.15 bits per heavy atom. The minimum atomic E-state index is -0.336. The smallest absolute Gasteiger partial charge is 0.267 e. The molecular weight excluding hydrogens is 367 g/mol. The van der Waals surface area contributed by atoms with Gasteiger partial charge >= 0.3 is 0 Å². The first-order chi connectivity index (χ1) is 12.9. The lowest BCUT2D eigenvalue weighted by Crippen LogP contribution is -2.14. The summed E-state index contributed by atoms with van der Waals surface area (Å²) in [7, 11) is 0. The molecule has 0 aliphatic rings. The highest BCUT2D eigenvalue weighted by molar-refractivity contribution is 7.13. The third kappa shape index (κ3) is 4.57. The molecule has 138 valence electrons. The standard InChI is InChI=1S/C20H17FN2O3S/c1-12-19(20(25)23-17-6-4-3-5-16(17)13(2)24)27-18(22-12)11-26-15-9-7-14(21)8-10-15/h3-10H,11H2,1-2H3,(H,23,25). The summed E-state index contributed by atoms with van der Waals surface area (Å²) in [5.74, 6) is -0.269. The highest BCUT2D eigenvalue weighted by Gasteiger charge is 2.17. The monoisotopic (exact) mass is 384 g/mol. The number of nitrogens with zero attached hydrogens (tertiary/aromatic N) is 1. The van der Waals surface area contributed by atoms with Crippen LogP contribution >= 0.6 is 11.3 Å². The number of anilines is 1. The van der Waals surface area contributed by atoms with Crippen LogP contribution in [0.25, 0.3) is 0 Å². The number of benzene rings is 2. The first kappa shape index (κ1) is 18.7. The lowest BCUT2D eigenvalue weighted by molar-refractivity contribution is 0.101. The van der Waals surface area contributed by atoms with E-state index in [4.69, 9.17) is 4.74 Å². The molecule has 0 unspecified atom stereocenters. The van der Waals surface area contributed by atoms with E-state index in [2.05, 4.69) is 10.3 Å². The van der Waals surface area contributed by atoms with Crippen molar-refractivity contribution in [1.29, 1.82) is 0 Å². The number of carbonyl (C=O) groups is 2. The zero-order chi connectivity index (χ0) is 19.4. The normalized spacial score (nSPS) is 10.5. The second-order valence-electron chi connectivity index (χ2n) is 5.82. The molecule has 1 heterocycles. The Labute approximate surface area is 159 Å². The number of para-hydroxylation sites is 1. The summed E-state index contributed by atoms with van der Waals surface area (Å²) in [6.07, 6.45) is 0. The van der Waals surface area contributed by atoms with Gasteiger partial charge in [0.25, 0.3) is 5.91 Å². The Bertz CT molecular complexity index is 983. The third-order valence-corrected chi connectivity index (χ3v) is 4.91. The van der Waals surface area contributed by atoms with E-state index in [1.165, 1.54) is 42.5 Å². The SMILES string of the molecule is CC(=O)c1ccccc1NC(=O)c1sc(COc2ccc(F)cc2)nc1C. The van der Waals surface area contributed by atoms with E-state index in [-0.39, 0.29) is 24.1 Å². The van der Waals surface area contributed by atoms with Crippen LogP contribution in [0.15, 0.2) is 48.5 Å². The number of rotatable bonds is 6. The van der Waals surface area contributed by atoms with Crippen LogP contribution in [-0.2, 0) is 6.61 Å². The van der Waals surface area contributed by atoms with Gasteiger partial charge in [-0.15, -0.1) is 11.3 Å². The molecule has 27 heavy (non-hydrogen) atoms. The quantitative estimate of drug-likeness (QED) is 0.630. The molecule has 2 aromatic carbocycles. The van der Waals surface area contributed by atoms with Gasteiger partial charge in [-0.2, -0.15) is 0 Å². The fourth-order valence-corrected chi connectivity index (χ4v) is 3.35. The zero-order valence-electron chi connectivity index (χ0n) is 14.8. The predicted octanol–water partition coefficient (Wildman–Crippen LogP) is 4.62. The molecule has 0 radical (unpaired) electrons. The van der Waals surface area contributed by atoms with Crippen molar-refractivity contribution < 1.29 is 18.7 Å². The van der Waals surface area contributed by atoms with E-state index < -0.39 is 0 Å². The van der Waals surface area contributed by atoms with Crippen molar-refractivity contribution in [1.82, 2.24) is 4.98 Å². The van der Waals surface area contributed by atoms with Crippen molar-refractivity contribution in [2.75, 3.05) is 5.32 Å². The minimum absolute atomic E-state index is 0.125. The first-order valence-electron chi connectivity index (χ1n) is 8.20. The zero-order valence-corrected chi connectivity index (χ0v) is 15.6. The molecule has 0 saturated carbocycles. The molecule has 0 aliphatic heterocycles. The van der Waals surface area contributed by atoms with Gasteiger partial charge in [0.05, 0.1) is 11.4 Å². The van der Waals surface area contributed by atoms with E-state index in [9.17, 15) is 14.0 Å². The van der Waals surface area contributed by atoms with Gasteiger partial charge in [-0.3, -0.25) is 9.59 Å². The maximum atomic E-state index is 12.9. The average molecular weight is 384 g/mol. The van der Waals surface area contributed by atoms with E-state index in [1.807, 2.05) is 0 Å². The number of Topliss-reactive ketones (excluding diaryl/α,β-unsaturated/α-hetero) is 1. The molecule has 1 amide bonds. The maximum absolute atomic E-state index is 12.9. The summed E-state index contributed by atoms with van der Waals surface area (Å²) in [5, 5.41) is 3.40. The average Bonchev–Trinajstić information content (AvgIpc) is 3.02. The molecule has 0 spiro atoms. The van der Waals surface area contributed by atoms with Crippen molar-refractivity contribution in [2.24, 2.45) is 0 Å². The van der Waals surface area contributed by atoms with Crippen LogP contribution in [0.4, 0.5) is 10.1 Å². The molecule has 0 atom stereocenters. The van der Waals surface area contributed by atoms with E-state index in [0.717, 1.165) is 0 Å². The molecule has 0 fully saturated rings. The van der Waals surface area contributed by atoms with Gasteiger partial charge in [-0.05, 0) is 50.2 Å². The maximum Gasteiger partial charge on any atom is 0.267 e. The Morgan fingerprint density at radius 2 is 1.85 bits per heavy atom. The molecule has 0 bridgehead atoms. The summed E-state index contributed by atoms with van der Waals surface area (Å²) < 4.78 is 18.5. The van der Waals surface area contributed by atoms with Crippen molar-refractivity contribution in [3.63, 3.8) is 0 Å². The number of halogens is 1. The summed E-state index contributed by atoms with van der Waals surface area (Å²) in [6, 6.07) is 12.5. The summed E-state index contributed by atoms with van der Waals surface area (Å²) in [5.41, 5.74) is 1.50. The van der Waals surface area contributed by atoms with Crippen molar-refractivity contribution in [3.05, 3.63) is 75.5 Å². The third-order valence-electron chi connectivity index (χ3n) is 3.78. The Morgan fingerprint density at radius 3 is 2.56 bits per heavy atom. The number of thiazole rings is 1. The molecule has 7 heteroatoms. The fourth-order valence-electron chi connectivity index (χ4n) is 2.48. The van der Waals surface area contributed by atoms with Crippen LogP contribution in [-0.4, -0.2) is 16.7 Å². The van der Waals surface area contributed by atoms with Gasteiger partial charge < -0.3 is 10.1 Å². The van der Waals surface area contributed by atoms with Gasteiger partial charge in [0.15, 0.2) is 5.78 Å². The van der Waals surface area contributed by atoms with Gasteiger partial charge in [-0.1, -0.05) is 12.1 Å². The Kier molecular flexibility index (Phi) is 5.61. The van der Waals surface area contributed by atoms with Gasteiger partial charge in [0, 0.05) is 5.56 Å². The van der Waals surface area contributed by atoms with Crippen LogP contribution in [0.5, 0.6) is 5.75 Å². The molecular formula is C20H17FN2O3S. The molecule has 1 N–H and O–H groups in total. The number of nitrogens with one attached hydrogen (secondary N) is 1. The van der Waals surface area contributed by atoms with Gasteiger partial charge in [0.1, 0.15) is 28.1 Å². The van der Waals surface area contributed by atoms with Crippen molar-refractivity contribution >= 4 is 28.7 Å². The number of ketones is 1. The van der Waals surface area contributed by atoms with Crippen molar-refractivity contribution in [2.45, 2.75) is 20.5 Å². The molecule has 1 aromatic heterocycles. The van der Waals surface area contributed by atoms with Gasteiger partial charge in [-0.25, -0.2) is 9.37 Å². The van der Waals surface area contributed by atoms with E-state index >= 15 is 0 Å². The van der Waals surface area contributed by atoms with Crippen molar-refractivity contribution in [3.8, 4) is 5.75 Å². The Balaban J connectivity index is 1.71. The summed E-state index contributed by atoms with van der Waals surface area (Å²) in [6.45, 7) is 3.37. The predicted molar refractivity (Wildman–Crippen MR) is 102 cm³/mol. The molecule has 3 aromatic rings. The van der Waals surface area contributed by atoms with Gasteiger partial charge in [0.2, 0.25) is 0 Å². The van der Waals surface area contributed by atoms with E-state index in [0.29, 0.717) is 32.6 Å². The van der Waals surface area contributed by atoms with Crippen LogP contribution in [0, 0.1) is 12.7 Å². The molecule has 0 aliphatic carbocycles. The van der Waals surface area contributed by atoms with Crippen LogP contribution < -0.4 is 10.1 Å². The second-order valence-corrected chi connectivity index (χ2v) is 6.90. The fraction of sp³-hybridized carbons (Fsp3) is 0.150. The van der Waals surface area contributed by atoms with Crippen LogP contribution in [0.3, 0.4) is 0 Å². The first-order valence-corrected chi connectivity index (χ1v) is 9.01. The number of hydrogen-bond donors (Lipinski definition) is 1. The number of carbonyl (C=O) groups excluding carboxylic acids is 2. The second kappa shape index (κ2) is 8.09. The lowest BCUT2D eigenvalue weighted by atomic mass is 10.1. The number of hydrogen-bond acceptors (Lipinski definition) is 5. The topological polar surface area (TPSA) is 68.3 Å². The summed E-state index contributed by atoms with van der Waals surface area (Å²) in [4.78, 5) is 29.1. The highest BCUT2D eigenvalue weighted by Crippen LogP contribution is 2.23. The largest absolute Gasteiger partial charge is 0.486 e. The molecule has 0 saturated heterocycles. The van der Waals surface area contributed by atoms with Crippen LogP contribution in [0.1, 0.15) is 37.7 Å².